The van der Waals surface area contributed by atoms with Crippen molar-refractivity contribution in [2.75, 3.05) is 5.33 Å². The van der Waals surface area contributed by atoms with Crippen molar-refractivity contribution in [3.05, 3.63) is 33.8 Å². The van der Waals surface area contributed by atoms with E-state index in [0.29, 0.717) is 0 Å². The summed E-state index contributed by atoms with van der Waals surface area (Å²) in [4.78, 5) is 12.5. The van der Waals surface area contributed by atoms with Gasteiger partial charge in [0.05, 0.1) is 5.54 Å². The summed E-state index contributed by atoms with van der Waals surface area (Å²) in [6.45, 7) is 4.31. The first-order chi connectivity index (χ1) is 9.46. The fourth-order valence-corrected chi connectivity index (χ4v) is 3.73. The van der Waals surface area contributed by atoms with Gasteiger partial charge in [-0.25, -0.2) is 0 Å². The lowest BCUT2D eigenvalue weighted by Gasteiger charge is -2.39. The molecule has 110 valence electrons. The van der Waals surface area contributed by atoms with Crippen LogP contribution in [0.3, 0.4) is 0 Å². The van der Waals surface area contributed by atoms with E-state index in [1.807, 2.05) is 25.1 Å². The summed E-state index contributed by atoms with van der Waals surface area (Å²) in [5, 5.41) is 4.08. The molecule has 4 heteroatoms. The van der Waals surface area contributed by atoms with Crippen molar-refractivity contribution in [2.24, 2.45) is 5.92 Å². The highest BCUT2D eigenvalue weighted by Gasteiger charge is 2.34. The molecule has 0 radical (unpaired) electrons. The quantitative estimate of drug-likeness (QED) is 0.720. The van der Waals surface area contributed by atoms with Crippen molar-refractivity contribution < 1.29 is 4.79 Å². The van der Waals surface area contributed by atoms with Gasteiger partial charge in [0, 0.05) is 15.4 Å². The third kappa shape index (κ3) is 3.64. The lowest BCUT2D eigenvalue weighted by Crippen LogP contribution is -2.52. The number of amides is 1. The normalized spacial score (nSPS) is 26.3. The molecule has 0 saturated heterocycles. The minimum absolute atomic E-state index is 0.0275. The predicted octanol–water partition coefficient (Wildman–Crippen LogP) is 4.83. The van der Waals surface area contributed by atoms with Crippen LogP contribution in [0.5, 0.6) is 0 Å². The third-order valence-electron chi connectivity index (χ3n) is 4.30. The smallest absolute Gasteiger partial charge is 0.251 e. The molecule has 1 aromatic carbocycles. The fourth-order valence-electron chi connectivity index (χ4n) is 2.65. The van der Waals surface area contributed by atoms with Gasteiger partial charge in [-0.05, 0) is 56.2 Å². The van der Waals surface area contributed by atoms with Gasteiger partial charge < -0.3 is 5.32 Å². The number of hydrogen-bond acceptors (Lipinski definition) is 1. The summed E-state index contributed by atoms with van der Waals surface area (Å²) in [5.74, 6) is 0.798. The van der Waals surface area contributed by atoms with Crippen LogP contribution in [-0.4, -0.2) is 16.8 Å². The van der Waals surface area contributed by atoms with E-state index in [1.165, 1.54) is 12.8 Å². The largest absolute Gasteiger partial charge is 0.346 e. The number of carbonyl (C=O) groups is 1. The van der Waals surface area contributed by atoms with Gasteiger partial charge in [-0.3, -0.25) is 4.79 Å². The zero-order valence-corrected chi connectivity index (χ0v) is 15.2. The van der Waals surface area contributed by atoms with Gasteiger partial charge >= 0.3 is 0 Å². The minimum atomic E-state index is -0.0824. The van der Waals surface area contributed by atoms with Crippen LogP contribution in [0.15, 0.2) is 22.7 Å². The van der Waals surface area contributed by atoms with Gasteiger partial charge in [0.15, 0.2) is 0 Å². The second kappa shape index (κ2) is 6.61. The Labute approximate surface area is 138 Å². The molecule has 0 aliphatic heterocycles. The SMILES string of the molecule is Cc1ccc(C(=O)NC2(CBr)CCC(C)CC2)cc1Br. The maximum atomic E-state index is 12.5. The van der Waals surface area contributed by atoms with Crippen molar-refractivity contribution in [1.82, 2.24) is 5.32 Å². The number of halogens is 2. The first-order valence-electron chi connectivity index (χ1n) is 7.10. The molecule has 1 N–H and O–H groups in total. The summed E-state index contributed by atoms with van der Waals surface area (Å²) in [5.41, 5.74) is 1.78. The van der Waals surface area contributed by atoms with Crippen molar-refractivity contribution in [2.45, 2.75) is 45.1 Å². The Morgan fingerprint density at radius 3 is 2.60 bits per heavy atom. The molecule has 1 aromatic rings. The third-order valence-corrected chi connectivity index (χ3v) is 6.23. The zero-order valence-electron chi connectivity index (χ0n) is 12.0. The Kier molecular flexibility index (Phi) is 5.30. The lowest BCUT2D eigenvalue weighted by molar-refractivity contribution is 0.0874. The molecule has 1 fully saturated rings. The predicted molar refractivity (Wildman–Crippen MR) is 90.5 cm³/mol. The maximum absolute atomic E-state index is 12.5. The van der Waals surface area contributed by atoms with Gasteiger partial charge in [0.2, 0.25) is 0 Å². The Hall–Kier alpha value is -0.350. The molecule has 0 spiro atoms. The number of alkyl halides is 1. The summed E-state index contributed by atoms with van der Waals surface area (Å²) in [6, 6.07) is 5.77. The van der Waals surface area contributed by atoms with Crippen LogP contribution in [0.25, 0.3) is 0 Å². The molecule has 1 saturated carbocycles. The van der Waals surface area contributed by atoms with Crippen molar-refractivity contribution in [1.29, 1.82) is 0 Å². The second-order valence-corrected chi connectivity index (χ2v) is 7.43. The summed E-state index contributed by atoms with van der Waals surface area (Å²) < 4.78 is 0.982. The van der Waals surface area contributed by atoms with E-state index in [2.05, 4.69) is 44.1 Å². The number of hydrogen-bond donors (Lipinski definition) is 1. The van der Waals surface area contributed by atoms with Crippen LogP contribution >= 0.6 is 31.9 Å². The molecule has 1 aliphatic rings. The second-order valence-electron chi connectivity index (χ2n) is 6.01. The number of aryl methyl sites for hydroxylation is 1. The van der Waals surface area contributed by atoms with Crippen LogP contribution in [0, 0.1) is 12.8 Å². The van der Waals surface area contributed by atoms with E-state index in [1.54, 1.807) is 0 Å². The van der Waals surface area contributed by atoms with E-state index >= 15 is 0 Å². The highest BCUT2D eigenvalue weighted by molar-refractivity contribution is 9.10. The molecule has 1 aliphatic carbocycles. The molecule has 0 atom stereocenters. The average Bonchev–Trinajstić information content (AvgIpc) is 2.44. The molecule has 0 heterocycles. The molecule has 0 bridgehead atoms. The van der Waals surface area contributed by atoms with Crippen LogP contribution in [0.1, 0.15) is 48.5 Å². The van der Waals surface area contributed by atoms with Gasteiger partial charge in [-0.2, -0.15) is 0 Å². The summed E-state index contributed by atoms with van der Waals surface area (Å²) in [6.07, 6.45) is 4.48. The molecular formula is C16H21Br2NO. The number of benzene rings is 1. The molecule has 1 amide bonds. The molecular weight excluding hydrogens is 382 g/mol. The van der Waals surface area contributed by atoms with Gasteiger partial charge in [-0.1, -0.05) is 44.8 Å². The first-order valence-corrected chi connectivity index (χ1v) is 9.02. The topological polar surface area (TPSA) is 29.1 Å². The summed E-state index contributed by atoms with van der Waals surface area (Å²) >= 11 is 7.08. The Morgan fingerprint density at radius 1 is 1.40 bits per heavy atom. The highest BCUT2D eigenvalue weighted by Crippen LogP contribution is 2.33. The lowest BCUT2D eigenvalue weighted by atomic mass is 9.78. The molecule has 0 aromatic heterocycles. The van der Waals surface area contributed by atoms with Crippen LogP contribution in [-0.2, 0) is 0 Å². The van der Waals surface area contributed by atoms with Gasteiger partial charge in [0.1, 0.15) is 0 Å². The molecule has 2 rings (SSSR count). The van der Waals surface area contributed by atoms with Crippen molar-refractivity contribution in [3.8, 4) is 0 Å². The van der Waals surface area contributed by atoms with Gasteiger partial charge in [0.25, 0.3) is 5.91 Å². The minimum Gasteiger partial charge on any atom is -0.346 e. The zero-order chi connectivity index (χ0) is 14.8. The molecule has 0 unspecified atom stereocenters. The molecule has 20 heavy (non-hydrogen) atoms. The number of rotatable bonds is 3. The Morgan fingerprint density at radius 2 is 2.05 bits per heavy atom. The number of nitrogens with one attached hydrogen (secondary N) is 1. The van der Waals surface area contributed by atoms with Crippen LogP contribution < -0.4 is 5.32 Å². The number of carbonyl (C=O) groups excluding carboxylic acids is 1. The monoisotopic (exact) mass is 401 g/mol. The van der Waals surface area contributed by atoms with Crippen molar-refractivity contribution >= 4 is 37.8 Å². The fraction of sp³-hybridized carbons (Fsp3) is 0.562. The maximum Gasteiger partial charge on any atom is 0.251 e. The Bertz CT molecular complexity index is 493. The van der Waals surface area contributed by atoms with Crippen LogP contribution in [0.4, 0.5) is 0 Å². The van der Waals surface area contributed by atoms with E-state index < -0.39 is 0 Å². The summed E-state index contributed by atoms with van der Waals surface area (Å²) in [7, 11) is 0. The Balaban J connectivity index is 2.11. The highest BCUT2D eigenvalue weighted by atomic mass is 79.9. The average molecular weight is 403 g/mol. The first kappa shape index (κ1) is 16.0. The van der Waals surface area contributed by atoms with Crippen molar-refractivity contribution in [3.63, 3.8) is 0 Å². The van der Waals surface area contributed by atoms with E-state index in [9.17, 15) is 4.79 Å². The van der Waals surface area contributed by atoms with E-state index in [0.717, 1.165) is 39.7 Å². The standard InChI is InChI=1S/C16H21Br2NO/c1-11-5-7-16(10-17,8-6-11)19-15(20)13-4-3-12(2)14(18)9-13/h3-4,9,11H,5-8,10H2,1-2H3,(H,19,20). The van der Waals surface area contributed by atoms with Crippen LogP contribution in [0.2, 0.25) is 0 Å². The van der Waals surface area contributed by atoms with E-state index in [-0.39, 0.29) is 11.4 Å². The van der Waals surface area contributed by atoms with Gasteiger partial charge in [-0.15, -0.1) is 0 Å². The molecule has 2 nitrogen and oxygen atoms in total. The van der Waals surface area contributed by atoms with E-state index in [4.69, 9.17) is 0 Å².